The van der Waals surface area contributed by atoms with Gasteiger partial charge >= 0.3 is 0 Å². The molecule has 1 saturated carbocycles. The lowest BCUT2D eigenvalue weighted by atomic mass is 9.96. The summed E-state index contributed by atoms with van der Waals surface area (Å²) in [6.07, 6.45) is 4.16. The summed E-state index contributed by atoms with van der Waals surface area (Å²) in [5, 5.41) is 0. The first-order valence-corrected chi connectivity index (χ1v) is 4.84. The molecule has 0 saturated heterocycles. The van der Waals surface area contributed by atoms with Crippen molar-refractivity contribution < 1.29 is 4.74 Å². The highest BCUT2D eigenvalue weighted by molar-refractivity contribution is 5.28. The standard InChI is InChI=1S/C11H15NO/c12-8-9-3-1-6-11(7-9)13-10-4-2-5-10/h1,3,6-7,10H,2,4-5,8,12H2. The number of benzene rings is 1. The predicted octanol–water partition coefficient (Wildman–Crippen LogP) is 2.08. The third-order valence-electron chi connectivity index (χ3n) is 2.49. The van der Waals surface area contributed by atoms with Gasteiger partial charge in [-0.05, 0) is 37.0 Å². The number of nitrogens with two attached hydrogens (primary N) is 1. The summed E-state index contributed by atoms with van der Waals surface area (Å²) in [5.41, 5.74) is 6.68. The summed E-state index contributed by atoms with van der Waals surface area (Å²) >= 11 is 0. The third kappa shape index (κ3) is 2.01. The second kappa shape index (κ2) is 3.79. The summed E-state index contributed by atoms with van der Waals surface area (Å²) in [6, 6.07) is 8.04. The van der Waals surface area contributed by atoms with Crippen LogP contribution in [0.2, 0.25) is 0 Å². The molecule has 1 aliphatic rings. The lowest BCUT2D eigenvalue weighted by Gasteiger charge is -2.26. The summed E-state index contributed by atoms with van der Waals surface area (Å²) in [5.74, 6) is 0.965. The van der Waals surface area contributed by atoms with E-state index in [1.807, 2.05) is 24.3 Å². The van der Waals surface area contributed by atoms with Gasteiger partial charge in [-0.15, -0.1) is 0 Å². The smallest absolute Gasteiger partial charge is 0.120 e. The van der Waals surface area contributed by atoms with Crippen molar-refractivity contribution >= 4 is 0 Å². The normalized spacial score (nSPS) is 16.7. The predicted molar refractivity (Wildman–Crippen MR) is 52.6 cm³/mol. The van der Waals surface area contributed by atoms with E-state index in [1.165, 1.54) is 19.3 Å². The van der Waals surface area contributed by atoms with E-state index in [9.17, 15) is 0 Å². The van der Waals surface area contributed by atoms with Crippen molar-refractivity contribution in [2.45, 2.75) is 31.9 Å². The quantitative estimate of drug-likeness (QED) is 0.767. The van der Waals surface area contributed by atoms with Gasteiger partial charge in [0.2, 0.25) is 0 Å². The molecule has 70 valence electrons. The Bertz CT molecular complexity index is 281. The summed E-state index contributed by atoms with van der Waals surface area (Å²) in [6.45, 7) is 0.585. The van der Waals surface area contributed by atoms with Crippen LogP contribution >= 0.6 is 0 Å². The Balaban J connectivity index is 2.01. The first-order chi connectivity index (χ1) is 6.38. The van der Waals surface area contributed by atoms with Gasteiger partial charge in [-0.1, -0.05) is 12.1 Å². The summed E-state index contributed by atoms with van der Waals surface area (Å²) < 4.78 is 5.74. The first-order valence-electron chi connectivity index (χ1n) is 4.84. The van der Waals surface area contributed by atoms with Gasteiger partial charge in [0.05, 0.1) is 6.10 Å². The fourth-order valence-corrected chi connectivity index (χ4v) is 1.43. The molecule has 1 fully saturated rings. The molecule has 0 radical (unpaired) electrons. The van der Waals surface area contributed by atoms with E-state index in [-0.39, 0.29) is 0 Å². The van der Waals surface area contributed by atoms with Crippen molar-refractivity contribution in [2.75, 3.05) is 0 Å². The first kappa shape index (κ1) is 8.57. The molecule has 0 atom stereocenters. The number of hydrogen-bond donors (Lipinski definition) is 1. The highest BCUT2D eigenvalue weighted by Gasteiger charge is 2.18. The van der Waals surface area contributed by atoms with Crippen molar-refractivity contribution in [3.63, 3.8) is 0 Å². The molecule has 1 aromatic carbocycles. The molecule has 13 heavy (non-hydrogen) atoms. The topological polar surface area (TPSA) is 35.2 Å². The molecule has 0 bridgehead atoms. The van der Waals surface area contributed by atoms with E-state index in [4.69, 9.17) is 10.5 Å². The van der Waals surface area contributed by atoms with Crippen LogP contribution in [0.3, 0.4) is 0 Å². The highest BCUT2D eigenvalue weighted by atomic mass is 16.5. The molecule has 2 nitrogen and oxygen atoms in total. The minimum atomic E-state index is 0.452. The van der Waals surface area contributed by atoms with Crippen molar-refractivity contribution in [2.24, 2.45) is 5.73 Å². The highest BCUT2D eigenvalue weighted by Crippen LogP contribution is 2.25. The Hall–Kier alpha value is -1.02. The van der Waals surface area contributed by atoms with Crippen molar-refractivity contribution in [1.29, 1.82) is 0 Å². The van der Waals surface area contributed by atoms with Crippen LogP contribution in [0.5, 0.6) is 5.75 Å². The van der Waals surface area contributed by atoms with Gasteiger partial charge in [0.1, 0.15) is 5.75 Å². The molecule has 2 rings (SSSR count). The fraction of sp³-hybridized carbons (Fsp3) is 0.455. The van der Waals surface area contributed by atoms with Gasteiger partial charge in [-0.3, -0.25) is 0 Å². The maximum Gasteiger partial charge on any atom is 0.120 e. The Morgan fingerprint density at radius 2 is 2.23 bits per heavy atom. The van der Waals surface area contributed by atoms with E-state index in [0.29, 0.717) is 12.6 Å². The van der Waals surface area contributed by atoms with Crippen molar-refractivity contribution in [3.8, 4) is 5.75 Å². The molecule has 2 heteroatoms. The van der Waals surface area contributed by atoms with Crippen LogP contribution < -0.4 is 10.5 Å². The summed E-state index contributed by atoms with van der Waals surface area (Å²) in [7, 11) is 0. The van der Waals surface area contributed by atoms with E-state index < -0.39 is 0 Å². The molecular weight excluding hydrogens is 162 g/mol. The molecular formula is C11H15NO. The minimum Gasteiger partial charge on any atom is -0.490 e. The monoisotopic (exact) mass is 177 g/mol. The number of hydrogen-bond acceptors (Lipinski definition) is 2. The molecule has 1 aromatic rings. The Kier molecular flexibility index (Phi) is 2.50. The van der Waals surface area contributed by atoms with Crippen LogP contribution in [0.1, 0.15) is 24.8 Å². The van der Waals surface area contributed by atoms with Crippen molar-refractivity contribution in [1.82, 2.24) is 0 Å². The summed E-state index contributed by atoms with van der Waals surface area (Å²) in [4.78, 5) is 0. The van der Waals surface area contributed by atoms with Gasteiger partial charge < -0.3 is 10.5 Å². The van der Waals surface area contributed by atoms with E-state index in [1.54, 1.807) is 0 Å². The van der Waals surface area contributed by atoms with Crippen LogP contribution in [-0.2, 0) is 6.54 Å². The Morgan fingerprint density at radius 1 is 1.38 bits per heavy atom. The molecule has 0 spiro atoms. The second-order valence-corrected chi connectivity index (χ2v) is 3.52. The van der Waals surface area contributed by atoms with E-state index >= 15 is 0 Å². The van der Waals surface area contributed by atoms with Gasteiger partial charge in [-0.2, -0.15) is 0 Å². The van der Waals surface area contributed by atoms with Gasteiger partial charge in [0.15, 0.2) is 0 Å². The second-order valence-electron chi connectivity index (χ2n) is 3.52. The molecule has 0 amide bonds. The average Bonchev–Trinajstić information content (AvgIpc) is 2.12. The van der Waals surface area contributed by atoms with Crippen LogP contribution in [-0.4, -0.2) is 6.10 Å². The molecule has 0 aromatic heterocycles. The molecule has 0 heterocycles. The van der Waals surface area contributed by atoms with Crippen LogP contribution in [0.4, 0.5) is 0 Å². The minimum absolute atomic E-state index is 0.452. The molecule has 2 N–H and O–H groups in total. The zero-order valence-corrected chi connectivity index (χ0v) is 7.70. The molecule has 0 unspecified atom stereocenters. The van der Waals surface area contributed by atoms with E-state index in [0.717, 1.165) is 11.3 Å². The van der Waals surface area contributed by atoms with Gasteiger partial charge in [-0.25, -0.2) is 0 Å². The van der Waals surface area contributed by atoms with E-state index in [2.05, 4.69) is 0 Å². The van der Waals surface area contributed by atoms with Crippen LogP contribution in [0.15, 0.2) is 24.3 Å². The maximum absolute atomic E-state index is 5.74. The van der Waals surface area contributed by atoms with Crippen LogP contribution in [0, 0.1) is 0 Å². The average molecular weight is 177 g/mol. The van der Waals surface area contributed by atoms with Gasteiger partial charge in [0.25, 0.3) is 0 Å². The van der Waals surface area contributed by atoms with Gasteiger partial charge in [0, 0.05) is 6.54 Å². The molecule has 1 aliphatic carbocycles. The Labute approximate surface area is 78.7 Å². The maximum atomic E-state index is 5.74. The number of rotatable bonds is 3. The number of ether oxygens (including phenoxy) is 1. The third-order valence-corrected chi connectivity index (χ3v) is 2.49. The molecule has 0 aliphatic heterocycles. The zero-order chi connectivity index (χ0) is 9.10. The van der Waals surface area contributed by atoms with Crippen LogP contribution in [0.25, 0.3) is 0 Å². The SMILES string of the molecule is NCc1cccc(OC2CCC2)c1. The Morgan fingerprint density at radius 3 is 2.85 bits per heavy atom. The largest absolute Gasteiger partial charge is 0.490 e. The fourth-order valence-electron chi connectivity index (χ4n) is 1.43. The lowest BCUT2D eigenvalue weighted by Crippen LogP contribution is -2.24. The van der Waals surface area contributed by atoms with Crippen molar-refractivity contribution in [3.05, 3.63) is 29.8 Å². The zero-order valence-electron chi connectivity index (χ0n) is 7.70. The lowest BCUT2D eigenvalue weighted by molar-refractivity contribution is 0.120.